The van der Waals surface area contributed by atoms with Crippen LogP contribution in [0.4, 0.5) is 0 Å². The molecule has 0 saturated carbocycles. The van der Waals surface area contributed by atoms with E-state index < -0.39 is 17.8 Å². The van der Waals surface area contributed by atoms with E-state index in [-0.39, 0.29) is 29.9 Å². The Bertz CT molecular complexity index is 961. The van der Waals surface area contributed by atoms with E-state index in [1.54, 1.807) is 12.1 Å². The van der Waals surface area contributed by atoms with Crippen molar-refractivity contribution in [2.24, 2.45) is 0 Å². The molecule has 0 radical (unpaired) electrons. The smallest absolute Gasteiger partial charge is 0.333 e. The van der Waals surface area contributed by atoms with E-state index in [2.05, 4.69) is 10.1 Å². The van der Waals surface area contributed by atoms with Gasteiger partial charge in [-0.3, -0.25) is 9.59 Å². The van der Waals surface area contributed by atoms with Crippen LogP contribution in [0.3, 0.4) is 0 Å². The van der Waals surface area contributed by atoms with Gasteiger partial charge in [-0.2, -0.15) is 16.3 Å². The molecule has 1 aliphatic heterocycles. The van der Waals surface area contributed by atoms with Gasteiger partial charge < -0.3 is 9.36 Å². The highest BCUT2D eigenvalue weighted by molar-refractivity contribution is 7.08. The third kappa shape index (κ3) is 2.88. The maximum Gasteiger partial charge on any atom is 0.333 e. The number of rotatable bonds is 5. The maximum atomic E-state index is 12.1. The van der Waals surface area contributed by atoms with Crippen molar-refractivity contribution in [1.29, 1.82) is 0 Å². The summed E-state index contributed by atoms with van der Waals surface area (Å²) in [5, 5.41) is 8.10. The van der Waals surface area contributed by atoms with Crippen LogP contribution in [0.5, 0.6) is 0 Å². The van der Waals surface area contributed by atoms with Gasteiger partial charge in [-0.25, -0.2) is 4.79 Å². The molecule has 1 aromatic carbocycles. The average molecular weight is 369 g/mol. The summed E-state index contributed by atoms with van der Waals surface area (Å²) in [7, 11) is 0. The summed E-state index contributed by atoms with van der Waals surface area (Å²) in [6.45, 7) is 0. The Kier molecular flexibility index (Phi) is 4.05. The molecule has 130 valence electrons. The number of thiophene rings is 1. The highest BCUT2D eigenvalue weighted by Crippen LogP contribution is 2.23. The SMILES string of the molecule is O=C(CCc1nc(-c2ccsc2)no1)ON1C(=O)c2ccccc2C1=O. The molecule has 26 heavy (non-hydrogen) atoms. The molecule has 0 unspecified atom stereocenters. The zero-order valence-electron chi connectivity index (χ0n) is 13.2. The molecule has 0 aliphatic carbocycles. The van der Waals surface area contributed by atoms with Crippen molar-refractivity contribution in [1.82, 2.24) is 15.2 Å². The maximum absolute atomic E-state index is 12.1. The first kappa shape index (κ1) is 16.2. The standard InChI is InChI=1S/C17H11N3O5S/c21-14(6-5-13-18-15(19-24-13)10-7-8-26-9-10)25-20-16(22)11-3-1-2-4-12(11)17(20)23/h1-4,7-9H,5-6H2. The van der Waals surface area contributed by atoms with Gasteiger partial charge in [0.25, 0.3) is 11.8 Å². The van der Waals surface area contributed by atoms with Gasteiger partial charge in [0.1, 0.15) is 0 Å². The topological polar surface area (TPSA) is 103 Å². The van der Waals surface area contributed by atoms with E-state index in [9.17, 15) is 14.4 Å². The van der Waals surface area contributed by atoms with Crippen LogP contribution >= 0.6 is 11.3 Å². The normalized spacial score (nSPS) is 13.2. The Hall–Kier alpha value is -3.33. The first-order valence-corrected chi connectivity index (χ1v) is 8.61. The summed E-state index contributed by atoms with van der Waals surface area (Å²) in [5.74, 6) is -1.34. The highest BCUT2D eigenvalue weighted by atomic mass is 32.1. The molecule has 3 aromatic rings. The lowest BCUT2D eigenvalue weighted by atomic mass is 10.1. The first-order valence-electron chi connectivity index (χ1n) is 7.67. The third-order valence-corrected chi connectivity index (χ3v) is 4.42. The minimum atomic E-state index is -0.741. The fraction of sp³-hybridized carbons (Fsp3) is 0.118. The van der Waals surface area contributed by atoms with Gasteiger partial charge in [0.15, 0.2) is 0 Å². The molecule has 0 fully saturated rings. The van der Waals surface area contributed by atoms with E-state index >= 15 is 0 Å². The van der Waals surface area contributed by atoms with Crippen LogP contribution in [-0.4, -0.2) is 33.0 Å². The predicted octanol–water partition coefficient (Wildman–Crippen LogP) is 2.49. The second-order valence-electron chi connectivity index (χ2n) is 5.44. The lowest BCUT2D eigenvalue weighted by molar-refractivity contribution is -0.168. The molecule has 0 N–H and O–H groups in total. The number of benzene rings is 1. The number of hydrogen-bond donors (Lipinski definition) is 0. The van der Waals surface area contributed by atoms with Crippen molar-refractivity contribution in [3.8, 4) is 11.4 Å². The van der Waals surface area contributed by atoms with Gasteiger partial charge in [-0.1, -0.05) is 22.4 Å². The van der Waals surface area contributed by atoms with Crippen molar-refractivity contribution in [3.05, 3.63) is 58.1 Å². The molecule has 0 atom stereocenters. The first-order chi connectivity index (χ1) is 12.6. The molecule has 3 heterocycles. The minimum Gasteiger partial charge on any atom is -0.339 e. The number of amides is 2. The molecule has 2 aromatic heterocycles. The van der Waals surface area contributed by atoms with E-state index in [4.69, 9.17) is 9.36 Å². The lowest BCUT2D eigenvalue weighted by Crippen LogP contribution is -2.32. The number of fused-ring (bicyclic) bond motifs is 1. The van der Waals surface area contributed by atoms with Crippen LogP contribution < -0.4 is 0 Å². The Labute approximate surface area is 151 Å². The Balaban J connectivity index is 1.37. The molecule has 0 spiro atoms. The molecule has 1 aliphatic rings. The van der Waals surface area contributed by atoms with Crippen LogP contribution in [0.1, 0.15) is 33.0 Å². The number of aryl methyl sites for hydroxylation is 1. The number of nitrogens with zero attached hydrogens (tertiary/aromatic N) is 3. The van der Waals surface area contributed by atoms with E-state index in [0.29, 0.717) is 10.9 Å². The number of carbonyl (C=O) groups is 3. The monoisotopic (exact) mass is 369 g/mol. The van der Waals surface area contributed by atoms with Gasteiger partial charge in [0.2, 0.25) is 11.7 Å². The van der Waals surface area contributed by atoms with Crippen LogP contribution in [0.15, 0.2) is 45.6 Å². The van der Waals surface area contributed by atoms with Crippen molar-refractivity contribution in [2.45, 2.75) is 12.8 Å². The summed E-state index contributed by atoms with van der Waals surface area (Å²) in [6, 6.07) is 8.14. The zero-order chi connectivity index (χ0) is 18.1. The zero-order valence-corrected chi connectivity index (χ0v) is 14.1. The van der Waals surface area contributed by atoms with Gasteiger partial charge >= 0.3 is 5.97 Å². The van der Waals surface area contributed by atoms with Crippen LogP contribution in [0, 0.1) is 0 Å². The number of aromatic nitrogens is 2. The molecular weight excluding hydrogens is 358 g/mol. The van der Waals surface area contributed by atoms with Crippen molar-refractivity contribution in [3.63, 3.8) is 0 Å². The summed E-state index contributed by atoms with van der Waals surface area (Å²) in [5.41, 5.74) is 1.25. The minimum absolute atomic E-state index is 0.112. The summed E-state index contributed by atoms with van der Waals surface area (Å²) < 4.78 is 5.09. The second kappa shape index (κ2) is 6.52. The molecule has 2 amide bonds. The molecular formula is C17H11N3O5S. The molecule has 9 heteroatoms. The Morgan fingerprint density at radius 2 is 1.88 bits per heavy atom. The van der Waals surface area contributed by atoms with Crippen molar-refractivity contribution >= 4 is 29.1 Å². The van der Waals surface area contributed by atoms with Crippen LogP contribution in [0.25, 0.3) is 11.4 Å². The fourth-order valence-electron chi connectivity index (χ4n) is 2.47. The van der Waals surface area contributed by atoms with Gasteiger partial charge in [0.05, 0.1) is 17.5 Å². The van der Waals surface area contributed by atoms with Crippen LogP contribution in [-0.2, 0) is 16.1 Å². The highest BCUT2D eigenvalue weighted by Gasteiger charge is 2.38. The van der Waals surface area contributed by atoms with Crippen molar-refractivity contribution < 1.29 is 23.7 Å². The van der Waals surface area contributed by atoms with E-state index in [1.165, 1.54) is 23.5 Å². The van der Waals surface area contributed by atoms with E-state index in [0.717, 1.165) is 5.56 Å². The molecule has 8 nitrogen and oxygen atoms in total. The number of hydroxylamine groups is 2. The van der Waals surface area contributed by atoms with Crippen molar-refractivity contribution in [2.75, 3.05) is 0 Å². The summed E-state index contributed by atoms with van der Waals surface area (Å²) in [4.78, 5) is 45.4. The largest absolute Gasteiger partial charge is 0.339 e. The number of imide groups is 1. The molecule has 4 rings (SSSR count). The van der Waals surface area contributed by atoms with Gasteiger partial charge in [-0.05, 0) is 23.6 Å². The fourth-order valence-corrected chi connectivity index (χ4v) is 3.11. The second-order valence-corrected chi connectivity index (χ2v) is 6.22. The molecule has 0 bridgehead atoms. The summed E-state index contributed by atoms with van der Waals surface area (Å²) in [6.07, 6.45) is 0.0256. The Morgan fingerprint density at radius 3 is 2.54 bits per heavy atom. The van der Waals surface area contributed by atoms with E-state index in [1.807, 2.05) is 16.8 Å². The Morgan fingerprint density at radius 1 is 1.15 bits per heavy atom. The predicted molar refractivity (Wildman–Crippen MR) is 89.0 cm³/mol. The van der Waals surface area contributed by atoms with Gasteiger partial charge in [0, 0.05) is 17.4 Å². The number of carbonyl (C=O) groups excluding carboxylic acids is 3. The number of hydrogen-bond acceptors (Lipinski definition) is 8. The average Bonchev–Trinajstić information content (AvgIpc) is 3.38. The quantitative estimate of drug-likeness (QED) is 0.637. The third-order valence-electron chi connectivity index (χ3n) is 3.74. The lowest BCUT2D eigenvalue weighted by Gasteiger charge is -2.12. The van der Waals surface area contributed by atoms with Crippen LogP contribution in [0.2, 0.25) is 0 Å². The van der Waals surface area contributed by atoms with Gasteiger partial charge in [-0.15, -0.1) is 0 Å². The molecule has 0 saturated heterocycles. The summed E-state index contributed by atoms with van der Waals surface area (Å²) >= 11 is 1.51.